The van der Waals surface area contributed by atoms with Gasteiger partial charge in [-0.25, -0.2) is 4.39 Å². The van der Waals surface area contributed by atoms with Crippen LogP contribution in [0.1, 0.15) is 54.7 Å². The van der Waals surface area contributed by atoms with Crippen LogP contribution in [0, 0.1) is 11.7 Å². The standard InChI is InChI=1S/C24H27FO3/c1-28-21-12-13-23(25)22(16-21)20-10-7-17(8-11-20)5-6-18-3-2-4-19(15-18)9-14-24(26)27/h2-6,12-13,15-17,20H,7-11,14H2,1H3,(H,26,27)/b6-5+. The quantitative estimate of drug-likeness (QED) is 0.654. The van der Waals surface area contributed by atoms with Crippen LogP contribution in [-0.2, 0) is 11.2 Å². The summed E-state index contributed by atoms with van der Waals surface area (Å²) >= 11 is 0. The molecule has 1 saturated carbocycles. The summed E-state index contributed by atoms with van der Waals surface area (Å²) in [5, 5.41) is 8.82. The highest BCUT2D eigenvalue weighted by molar-refractivity contribution is 5.67. The Morgan fingerprint density at radius 1 is 1.18 bits per heavy atom. The first kappa shape index (κ1) is 20.1. The van der Waals surface area contributed by atoms with E-state index in [1.807, 2.05) is 24.3 Å². The third-order valence-corrected chi connectivity index (χ3v) is 5.55. The van der Waals surface area contributed by atoms with Crippen LogP contribution in [0.4, 0.5) is 4.39 Å². The van der Waals surface area contributed by atoms with E-state index in [1.165, 1.54) is 6.07 Å². The lowest BCUT2D eigenvalue weighted by atomic mass is 9.78. The number of carboxylic acids is 1. The fraction of sp³-hybridized carbons (Fsp3) is 0.375. The first-order valence-corrected chi connectivity index (χ1v) is 9.87. The molecule has 0 saturated heterocycles. The molecule has 28 heavy (non-hydrogen) atoms. The van der Waals surface area contributed by atoms with Crippen molar-refractivity contribution in [3.63, 3.8) is 0 Å². The fourth-order valence-corrected chi connectivity index (χ4v) is 3.94. The van der Waals surface area contributed by atoms with Crippen LogP contribution < -0.4 is 4.74 Å². The molecule has 0 radical (unpaired) electrons. The van der Waals surface area contributed by atoms with E-state index in [4.69, 9.17) is 9.84 Å². The molecule has 0 amide bonds. The van der Waals surface area contributed by atoms with Crippen molar-refractivity contribution in [3.8, 4) is 5.75 Å². The normalized spacial score (nSPS) is 19.6. The molecule has 1 aliphatic rings. The summed E-state index contributed by atoms with van der Waals surface area (Å²) in [4.78, 5) is 10.7. The van der Waals surface area contributed by atoms with Crippen LogP contribution in [0.2, 0.25) is 0 Å². The summed E-state index contributed by atoms with van der Waals surface area (Å²) in [6.07, 6.45) is 9.09. The Balaban J connectivity index is 1.57. The maximum Gasteiger partial charge on any atom is 0.303 e. The molecule has 0 unspecified atom stereocenters. The van der Waals surface area contributed by atoms with Crippen molar-refractivity contribution < 1.29 is 19.0 Å². The van der Waals surface area contributed by atoms with Crippen LogP contribution in [0.25, 0.3) is 6.08 Å². The second-order valence-corrected chi connectivity index (χ2v) is 7.50. The second-order valence-electron chi connectivity index (χ2n) is 7.50. The number of aliphatic carboxylic acids is 1. The molecular formula is C24H27FO3. The van der Waals surface area contributed by atoms with Gasteiger partial charge in [0.2, 0.25) is 0 Å². The van der Waals surface area contributed by atoms with E-state index in [0.717, 1.165) is 42.4 Å². The van der Waals surface area contributed by atoms with Gasteiger partial charge in [-0.2, -0.15) is 0 Å². The molecule has 0 aromatic heterocycles. The van der Waals surface area contributed by atoms with Crippen molar-refractivity contribution >= 4 is 12.0 Å². The van der Waals surface area contributed by atoms with Gasteiger partial charge in [0, 0.05) is 6.42 Å². The van der Waals surface area contributed by atoms with E-state index in [2.05, 4.69) is 18.2 Å². The van der Waals surface area contributed by atoms with Crippen LogP contribution in [0.3, 0.4) is 0 Å². The molecule has 148 valence electrons. The number of rotatable bonds is 7. The molecular weight excluding hydrogens is 355 g/mol. The lowest BCUT2D eigenvalue weighted by Crippen LogP contribution is -2.13. The first-order chi connectivity index (χ1) is 13.5. The van der Waals surface area contributed by atoms with E-state index in [9.17, 15) is 9.18 Å². The van der Waals surface area contributed by atoms with Crippen molar-refractivity contribution in [2.45, 2.75) is 44.4 Å². The minimum absolute atomic E-state index is 0.141. The molecule has 2 aromatic rings. The third kappa shape index (κ3) is 5.44. The van der Waals surface area contributed by atoms with Crippen molar-refractivity contribution in [1.82, 2.24) is 0 Å². The number of ether oxygens (including phenoxy) is 1. The number of carboxylic acid groups (broad SMARTS) is 1. The molecule has 4 heteroatoms. The molecule has 1 fully saturated rings. The van der Waals surface area contributed by atoms with E-state index in [-0.39, 0.29) is 18.2 Å². The number of allylic oxidation sites excluding steroid dienone is 1. The molecule has 0 aliphatic heterocycles. The summed E-state index contributed by atoms with van der Waals surface area (Å²) < 4.78 is 19.4. The van der Waals surface area contributed by atoms with Gasteiger partial charge >= 0.3 is 5.97 Å². The molecule has 0 spiro atoms. The van der Waals surface area contributed by atoms with Crippen LogP contribution in [0.5, 0.6) is 5.75 Å². The number of halogens is 1. The summed E-state index contributed by atoms with van der Waals surface area (Å²) in [6, 6.07) is 13.0. The van der Waals surface area contributed by atoms with Gasteiger partial charge < -0.3 is 9.84 Å². The highest BCUT2D eigenvalue weighted by atomic mass is 19.1. The van der Waals surface area contributed by atoms with Crippen LogP contribution in [-0.4, -0.2) is 18.2 Å². The zero-order chi connectivity index (χ0) is 19.9. The van der Waals surface area contributed by atoms with Crippen molar-refractivity contribution in [2.24, 2.45) is 5.92 Å². The van der Waals surface area contributed by atoms with Gasteiger partial charge in [-0.05, 0) is 78.8 Å². The van der Waals surface area contributed by atoms with Crippen LogP contribution in [0.15, 0.2) is 48.5 Å². The van der Waals surface area contributed by atoms with Crippen molar-refractivity contribution in [2.75, 3.05) is 7.11 Å². The molecule has 3 rings (SSSR count). The summed E-state index contributed by atoms with van der Waals surface area (Å²) in [5.74, 6) is 0.538. The van der Waals surface area contributed by atoms with Gasteiger partial charge in [0.15, 0.2) is 0 Å². The molecule has 0 heterocycles. The average Bonchev–Trinajstić information content (AvgIpc) is 2.72. The molecule has 0 bridgehead atoms. The van der Waals surface area contributed by atoms with Gasteiger partial charge in [0.05, 0.1) is 7.11 Å². The molecule has 3 nitrogen and oxygen atoms in total. The van der Waals surface area contributed by atoms with Gasteiger partial charge in [0.1, 0.15) is 11.6 Å². The highest BCUT2D eigenvalue weighted by Gasteiger charge is 2.23. The highest BCUT2D eigenvalue weighted by Crippen LogP contribution is 2.38. The van der Waals surface area contributed by atoms with Gasteiger partial charge in [-0.15, -0.1) is 0 Å². The average molecular weight is 382 g/mol. The van der Waals surface area contributed by atoms with E-state index in [0.29, 0.717) is 18.1 Å². The Hall–Kier alpha value is -2.62. The number of carbonyl (C=O) groups is 1. The Morgan fingerprint density at radius 3 is 2.68 bits per heavy atom. The number of aryl methyl sites for hydroxylation is 1. The Morgan fingerprint density at radius 2 is 1.96 bits per heavy atom. The predicted octanol–water partition coefficient (Wildman–Crippen LogP) is 5.84. The largest absolute Gasteiger partial charge is 0.497 e. The van der Waals surface area contributed by atoms with Gasteiger partial charge in [-0.1, -0.05) is 36.4 Å². The maximum atomic E-state index is 14.2. The van der Waals surface area contributed by atoms with E-state index < -0.39 is 5.97 Å². The molecule has 1 aliphatic carbocycles. The zero-order valence-electron chi connectivity index (χ0n) is 16.2. The number of benzene rings is 2. The summed E-state index contributed by atoms with van der Waals surface area (Å²) in [6.45, 7) is 0. The lowest BCUT2D eigenvalue weighted by molar-refractivity contribution is -0.136. The number of methoxy groups -OCH3 is 1. The Bertz CT molecular complexity index is 835. The minimum atomic E-state index is -0.773. The lowest BCUT2D eigenvalue weighted by Gasteiger charge is -2.27. The Kier molecular flexibility index (Phi) is 6.85. The van der Waals surface area contributed by atoms with E-state index in [1.54, 1.807) is 13.2 Å². The van der Waals surface area contributed by atoms with Gasteiger partial charge in [0.25, 0.3) is 0 Å². The topological polar surface area (TPSA) is 46.5 Å². The summed E-state index contributed by atoms with van der Waals surface area (Å²) in [5.41, 5.74) is 2.92. The smallest absolute Gasteiger partial charge is 0.303 e. The fourth-order valence-electron chi connectivity index (χ4n) is 3.94. The molecule has 2 aromatic carbocycles. The summed E-state index contributed by atoms with van der Waals surface area (Å²) in [7, 11) is 1.61. The molecule has 1 N–H and O–H groups in total. The monoisotopic (exact) mass is 382 g/mol. The number of hydrogen-bond donors (Lipinski definition) is 1. The Labute approximate surface area is 165 Å². The van der Waals surface area contributed by atoms with E-state index >= 15 is 0 Å². The minimum Gasteiger partial charge on any atom is -0.497 e. The SMILES string of the molecule is COc1ccc(F)c(C2CCC(/C=C/c3cccc(CCC(=O)O)c3)CC2)c1. The van der Waals surface area contributed by atoms with Crippen molar-refractivity contribution in [1.29, 1.82) is 0 Å². The molecule has 0 atom stereocenters. The van der Waals surface area contributed by atoms with Crippen molar-refractivity contribution in [3.05, 3.63) is 71.0 Å². The third-order valence-electron chi connectivity index (χ3n) is 5.55. The van der Waals surface area contributed by atoms with Crippen LogP contribution >= 0.6 is 0 Å². The first-order valence-electron chi connectivity index (χ1n) is 9.87. The number of hydrogen-bond acceptors (Lipinski definition) is 2. The zero-order valence-corrected chi connectivity index (χ0v) is 16.2. The second kappa shape index (κ2) is 9.54. The predicted molar refractivity (Wildman–Crippen MR) is 109 cm³/mol. The maximum absolute atomic E-state index is 14.2. The van der Waals surface area contributed by atoms with Gasteiger partial charge in [-0.3, -0.25) is 4.79 Å².